The molecule has 2 N–H and O–H groups in total. The molecule has 118 valence electrons. The maximum Gasteiger partial charge on any atom is 0.423 e. The number of aliphatic hydroxyl groups is 1. The Bertz CT molecular complexity index is 657. The fourth-order valence-corrected chi connectivity index (χ4v) is 1.83. The van der Waals surface area contributed by atoms with Crippen molar-refractivity contribution < 1.29 is 23.1 Å². The first kappa shape index (κ1) is 16.0. The van der Waals surface area contributed by atoms with Crippen molar-refractivity contribution in [3.05, 3.63) is 47.8 Å². The third-order valence-electron chi connectivity index (χ3n) is 3.06. The predicted octanol–water partition coefficient (Wildman–Crippen LogP) is 0.995. The molecule has 0 fully saturated rings. The highest BCUT2D eigenvalue weighted by Gasteiger charge is 2.55. The van der Waals surface area contributed by atoms with Crippen LogP contribution in [0.2, 0.25) is 0 Å². The van der Waals surface area contributed by atoms with E-state index in [-0.39, 0.29) is 11.3 Å². The SMILES string of the molecule is Cn1cc(C(=O)NC[C@@](O)(c2ccccc2)C(F)(F)F)nn1. The van der Waals surface area contributed by atoms with Crippen LogP contribution in [0.25, 0.3) is 0 Å². The average Bonchev–Trinajstić information content (AvgIpc) is 2.91. The van der Waals surface area contributed by atoms with Gasteiger partial charge in [-0.05, 0) is 5.56 Å². The molecule has 6 nitrogen and oxygen atoms in total. The van der Waals surface area contributed by atoms with Crippen LogP contribution < -0.4 is 5.32 Å². The Morgan fingerprint density at radius 3 is 2.45 bits per heavy atom. The number of aryl methyl sites for hydroxylation is 1. The third-order valence-corrected chi connectivity index (χ3v) is 3.06. The Labute approximate surface area is 123 Å². The fraction of sp³-hybridized carbons (Fsp3) is 0.308. The zero-order valence-electron chi connectivity index (χ0n) is 11.5. The number of carbonyl (C=O) groups is 1. The minimum absolute atomic E-state index is 0.139. The molecule has 22 heavy (non-hydrogen) atoms. The normalized spacial score (nSPS) is 14.4. The van der Waals surface area contributed by atoms with E-state index in [1.165, 1.54) is 36.1 Å². The zero-order valence-corrected chi connectivity index (χ0v) is 11.5. The number of amides is 1. The van der Waals surface area contributed by atoms with Gasteiger partial charge in [-0.15, -0.1) is 5.10 Å². The number of rotatable bonds is 4. The summed E-state index contributed by atoms with van der Waals surface area (Å²) in [5, 5.41) is 19.1. The van der Waals surface area contributed by atoms with Gasteiger partial charge >= 0.3 is 6.18 Å². The van der Waals surface area contributed by atoms with Crippen LogP contribution in [0.4, 0.5) is 13.2 Å². The number of hydrogen-bond acceptors (Lipinski definition) is 4. The van der Waals surface area contributed by atoms with Crippen LogP contribution in [0.5, 0.6) is 0 Å². The van der Waals surface area contributed by atoms with Crippen LogP contribution in [0.3, 0.4) is 0 Å². The first-order chi connectivity index (χ1) is 10.2. The molecule has 0 spiro atoms. The standard InChI is InChI=1S/C13H13F3N4O2/c1-20-7-10(18-19-20)11(21)17-8-12(22,13(14,15)16)9-5-3-2-4-6-9/h2-7,22H,8H2,1H3,(H,17,21)/t12-/m1/s1. The second-order valence-electron chi connectivity index (χ2n) is 4.68. The highest BCUT2D eigenvalue weighted by molar-refractivity contribution is 5.91. The second kappa shape index (κ2) is 5.76. The predicted molar refractivity (Wildman–Crippen MR) is 69.7 cm³/mol. The molecule has 0 bridgehead atoms. The van der Waals surface area contributed by atoms with E-state index in [2.05, 4.69) is 10.3 Å². The number of nitrogens with zero attached hydrogens (tertiary/aromatic N) is 3. The van der Waals surface area contributed by atoms with Crippen LogP contribution in [-0.2, 0) is 12.6 Å². The molecule has 2 rings (SSSR count). The summed E-state index contributed by atoms with van der Waals surface area (Å²) in [6, 6.07) is 6.55. The molecule has 2 aromatic rings. The smallest absolute Gasteiger partial charge is 0.375 e. The van der Waals surface area contributed by atoms with Gasteiger partial charge in [0.2, 0.25) is 5.60 Å². The summed E-state index contributed by atoms with van der Waals surface area (Å²) in [4.78, 5) is 11.8. The topological polar surface area (TPSA) is 80.0 Å². The van der Waals surface area contributed by atoms with Gasteiger partial charge in [-0.2, -0.15) is 13.2 Å². The summed E-state index contributed by atoms with van der Waals surface area (Å²) in [7, 11) is 1.51. The Morgan fingerprint density at radius 1 is 1.32 bits per heavy atom. The van der Waals surface area contributed by atoms with Crippen LogP contribution in [0.1, 0.15) is 16.1 Å². The molecular weight excluding hydrogens is 301 g/mol. The summed E-state index contributed by atoms with van der Waals surface area (Å²) in [5.74, 6) is -0.855. The molecule has 1 heterocycles. The highest BCUT2D eigenvalue weighted by Crippen LogP contribution is 2.38. The number of alkyl halides is 3. The lowest BCUT2D eigenvalue weighted by Crippen LogP contribution is -2.51. The van der Waals surface area contributed by atoms with Gasteiger partial charge < -0.3 is 10.4 Å². The third kappa shape index (κ3) is 3.08. The van der Waals surface area contributed by atoms with Gasteiger partial charge in [-0.3, -0.25) is 9.48 Å². The summed E-state index contributed by atoms with van der Waals surface area (Å²) < 4.78 is 40.9. The zero-order chi connectivity index (χ0) is 16.4. The maximum absolute atomic E-state index is 13.2. The molecule has 0 aliphatic heterocycles. The van der Waals surface area contributed by atoms with E-state index in [1.54, 1.807) is 0 Å². The average molecular weight is 314 g/mol. The van der Waals surface area contributed by atoms with Gasteiger partial charge in [0.05, 0.1) is 12.7 Å². The molecule has 0 aliphatic carbocycles. The van der Waals surface area contributed by atoms with Crippen molar-refractivity contribution in [2.75, 3.05) is 6.54 Å². The number of hydrogen-bond donors (Lipinski definition) is 2. The van der Waals surface area contributed by atoms with Gasteiger partial charge in [-0.1, -0.05) is 35.5 Å². The number of carbonyl (C=O) groups excluding carboxylic acids is 1. The summed E-state index contributed by atoms with van der Waals surface area (Å²) in [6.45, 7) is -1.03. The molecule has 0 radical (unpaired) electrons. The molecular formula is C13H13F3N4O2. The summed E-state index contributed by atoms with van der Waals surface area (Å²) in [6.07, 6.45) is -3.70. The van der Waals surface area contributed by atoms with E-state index >= 15 is 0 Å². The maximum atomic E-state index is 13.2. The van der Waals surface area contributed by atoms with Crippen LogP contribution in [0.15, 0.2) is 36.5 Å². The molecule has 0 saturated heterocycles. The van der Waals surface area contributed by atoms with E-state index in [1.807, 2.05) is 5.32 Å². The Kier molecular flexibility index (Phi) is 4.18. The molecule has 1 atom stereocenters. The van der Waals surface area contributed by atoms with Gasteiger partial charge in [0.15, 0.2) is 5.69 Å². The molecule has 1 aromatic carbocycles. The van der Waals surface area contributed by atoms with Crippen LogP contribution in [0, 0.1) is 0 Å². The highest BCUT2D eigenvalue weighted by atomic mass is 19.4. The lowest BCUT2D eigenvalue weighted by atomic mass is 9.93. The molecule has 1 amide bonds. The number of benzene rings is 1. The van der Waals surface area contributed by atoms with E-state index in [9.17, 15) is 23.1 Å². The molecule has 0 saturated carbocycles. The Morgan fingerprint density at radius 2 is 1.95 bits per heavy atom. The lowest BCUT2D eigenvalue weighted by Gasteiger charge is -2.31. The minimum Gasteiger partial charge on any atom is -0.375 e. The van der Waals surface area contributed by atoms with E-state index in [4.69, 9.17) is 0 Å². The van der Waals surface area contributed by atoms with Gasteiger partial charge in [0.1, 0.15) is 0 Å². The van der Waals surface area contributed by atoms with Gasteiger partial charge in [0, 0.05) is 7.05 Å². The quantitative estimate of drug-likeness (QED) is 0.882. The summed E-state index contributed by atoms with van der Waals surface area (Å²) >= 11 is 0. The molecule has 0 unspecified atom stereocenters. The lowest BCUT2D eigenvalue weighted by molar-refractivity contribution is -0.263. The van der Waals surface area contributed by atoms with Crippen LogP contribution >= 0.6 is 0 Å². The van der Waals surface area contributed by atoms with Crippen molar-refractivity contribution in [2.24, 2.45) is 7.05 Å². The van der Waals surface area contributed by atoms with Crippen molar-refractivity contribution in [1.82, 2.24) is 20.3 Å². The van der Waals surface area contributed by atoms with E-state index in [0.717, 1.165) is 12.1 Å². The monoisotopic (exact) mass is 314 g/mol. The van der Waals surface area contributed by atoms with E-state index in [0.29, 0.717) is 0 Å². The van der Waals surface area contributed by atoms with Crippen LogP contribution in [-0.4, -0.2) is 38.7 Å². The second-order valence-corrected chi connectivity index (χ2v) is 4.68. The molecule has 9 heteroatoms. The Hall–Kier alpha value is -2.42. The van der Waals surface area contributed by atoms with E-state index < -0.39 is 24.2 Å². The van der Waals surface area contributed by atoms with Crippen molar-refractivity contribution in [2.45, 2.75) is 11.8 Å². The number of halogens is 3. The molecule has 1 aromatic heterocycles. The van der Waals surface area contributed by atoms with Gasteiger partial charge in [-0.25, -0.2) is 0 Å². The number of nitrogens with one attached hydrogen (secondary N) is 1. The molecule has 0 aliphatic rings. The largest absolute Gasteiger partial charge is 0.423 e. The summed E-state index contributed by atoms with van der Waals surface area (Å²) in [5.41, 5.74) is -3.69. The van der Waals surface area contributed by atoms with Gasteiger partial charge in [0.25, 0.3) is 5.91 Å². The van der Waals surface area contributed by atoms with Crippen molar-refractivity contribution in [3.8, 4) is 0 Å². The first-order valence-electron chi connectivity index (χ1n) is 6.23. The minimum atomic E-state index is -4.95. The van der Waals surface area contributed by atoms with Crippen molar-refractivity contribution in [1.29, 1.82) is 0 Å². The van der Waals surface area contributed by atoms with Crippen molar-refractivity contribution in [3.63, 3.8) is 0 Å². The Balaban J connectivity index is 2.20. The van der Waals surface area contributed by atoms with Crippen molar-refractivity contribution >= 4 is 5.91 Å². The first-order valence-corrected chi connectivity index (χ1v) is 6.23. The number of aromatic nitrogens is 3. The fourth-order valence-electron chi connectivity index (χ4n) is 1.83.